The lowest BCUT2D eigenvalue weighted by Crippen LogP contribution is -2.45. The predicted octanol–water partition coefficient (Wildman–Crippen LogP) is 2.67. The number of halogens is 1. The van der Waals surface area contributed by atoms with E-state index < -0.39 is 5.54 Å². The number of nitrogens with one attached hydrogen (secondary N) is 1. The molecule has 0 saturated heterocycles. The molecule has 0 aliphatic rings. The molecule has 0 saturated carbocycles. The molecule has 0 atom stereocenters. The third-order valence-corrected chi connectivity index (χ3v) is 3.96. The summed E-state index contributed by atoms with van der Waals surface area (Å²) in [7, 11) is 0. The van der Waals surface area contributed by atoms with Gasteiger partial charge in [0.2, 0.25) is 0 Å². The van der Waals surface area contributed by atoms with Crippen LogP contribution >= 0.6 is 11.6 Å². The average Bonchev–Trinajstić information content (AvgIpc) is 2.73. The Bertz CT molecular complexity index is 716. The number of aromatic nitrogens is 2. The fraction of sp³-hybridized carbons (Fsp3) is 0.412. The second kappa shape index (κ2) is 6.72. The van der Waals surface area contributed by atoms with Crippen molar-refractivity contribution in [3.05, 3.63) is 51.8 Å². The second-order valence-corrected chi connectivity index (χ2v) is 6.87. The first-order valence-electron chi connectivity index (χ1n) is 7.53. The molecule has 1 heterocycles. The molecular weight excluding hydrogens is 312 g/mol. The summed E-state index contributed by atoms with van der Waals surface area (Å²) in [6.45, 7) is 8.39. The molecule has 0 aliphatic heterocycles. The fourth-order valence-corrected chi connectivity index (χ4v) is 2.56. The van der Waals surface area contributed by atoms with E-state index in [2.05, 4.69) is 10.4 Å². The van der Waals surface area contributed by atoms with Gasteiger partial charge in [0, 0.05) is 22.8 Å². The molecule has 0 aliphatic carbocycles. The number of nitrogens with two attached hydrogens (primary N) is 1. The Labute approximate surface area is 141 Å². The zero-order chi connectivity index (χ0) is 17.2. The highest BCUT2D eigenvalue weighted by Gasteiger charge is 2.20. The van der Waals surface area contributed by atoms with E-state index >= 15 is 0 Å². The van der Waals surface area contributed by atoms with Gasteiger partial charge in [-0.2, -0.15) is 5.10 Å². The van der Waals surface area contributed by atoms with Gasteiger partial charge in [-0.15, -0.1) is 0 Å². The van der Waals surface area contributed by atoms with Gasteiger partial charge in [0.15, 0.2) is 0 Å². The molecule has 23 heavy (non-hydrogen) atoms. The summed E-state index contributed by atoms with van der Waals surface area (Å²) in [6.07, 6.45) is 0. The Morgan fingerprint density at radius 3 is 2.61 bits per heavy atom. The van der Waals surface area contributed by atoms with E-state index in [1.54, 1.807) is 4.68 Å². The molecule has 3 N–H and O–H groups in total. The normalized spacial score (nSPS) is 11.6. The molecule has 0 radical (unpaired) electrons. The SMILES string of the molecule is Cc1nn(Cc2ccccc2Cl)c(C)c1C(=O)NCC(C)(C)N. The van der Waals surface area contributed by atoms with Gasteiger partial charge in [-0.1, -0.05) is 29.8 Å². The van der Waals surface area contributed by atoms with Crippen LogP contribution in [0.2, 0.25) is 5.02 Å². The number of carbonyl (C=O) groups is 1. The number of benzene rings is 1. The third-order valence-electron chi connectivity index (χ3n) is 3.59. The molecule has 1 amide bonds. The van der Waals surface area contributed by atoms with E-state index in [1.165, 1.54) is 0 Å². The number of carbonyl (C=O) groups excluding carboxylic acids is 1. The Hall–Kier alpha value is -1.85. The van der Waals surface area contributed by atoms with Gasteiger partial charge in [-0.3, -0.25) is 9.48 Å². The van der Waals surface area contributed by atoms with Crippen LogP contribution < -0.4 is 11.1 Å². The van der Waals surface area contributed by atoms with Gasteiger partial charge in [0.25, 0.3) is 5.91 Å². The lowest BCUT2D eigenvalue weighted by atomic mass is 10.1. The lowest BCUT2D eigenvalue weighted by Gasteiger charge is -2.18. The number of hydrogen-bond acceptors (Lipinski definition) is 3. The van der Waals surface area contributed by atoms with Crippen LogP contribution in [0.25, 0.3) is 0 Å². The van der Waals surface area contributed by atoms with Crippen molar-refractivity contribution in [2.24, 2.45) is 5.73 Å². The van der Waals surface area contributed by atoms with Crippen molar-refractivity contribution in [1.29, 1.82) is 0 Å². The minimum absolute atomic E-state index is 0.149. The standard InChI is InChI=1S/C17H23ClN4O/c1-11-15(16(23)20-10-17(3,4)19)12(2)22(21-11)9-13-7-5-6-8-14(13)18/h5-8H,9-10,19H2,1-4H3,(H,20,23). The van der Waals surface area contributed by atoms with E-state index in [4.69, 9.17) is 17.3 Å². The molecule has 1 aromatic carbocycles. The third kappa shape index (κ3) is 4.33. The van der Waals surface area contributed by atoms with E-state index in [9.17, 15) is 4.79 Å². The highest BCUT2D eigenvalue weighted by atomic mass is 35.5. The lowest BCUT2D eigenvalue weighted by molar-refractivity contribution is 0.0944. The molecule has 0 spiro atoms. The van der Waals surface area contributed by atoms with Gasteiger partial charge in [-0.25, -0.2) is 0 Å². The number of hydrogen-bond donors (Lipinski definition) is 2. The van der Waals surface area contributed by atoms with Crippen molar-refractivity contribution < 1.29 is 4.79 Å². The largest absolute Gasteiger partial charge is 0.350 e. The maximum Gasteiger partial charge on any atom is 0.255 e. The highest BCUT2D eigenvalue weighted by Crippen LogP contribution is 2.19. The highest BCUT2D eigenvalue weighted by molar-refractivity contribution is 6.31. The number of rotatable bonds is 5. The first kappa shape index (κ1) is 17.5. The molecule has 5 nitrogen and oxygen atoms in total. The molecule has 0 fully saturated rings. The summed E-state index contributed by atoms with van der Waals surface area (Å²) >= 11 is 6.20. The molecule has 2 aromatic rings. The summed E-state index contributed by atoms with van der Waals surface area (Å²) in [6, 6.07) is 7.62. The van der Waals surface area contributed by atoms with Crippen LogP contribution in [-0.4, -0.2) is 27.8 Å². The van der Waals surface area contributed by atoms with Gasteiger partial charge in [0.1, 0.15) is 0 Å². The number of amides is 1. The molecule has 0 bridgehead atoms. The Kier molecular flexibility index (Phi) is 5.12. The minimum atomic E-state index is -0.453. The van der Waals surface area contributed by atoms with Gasteiger partial charge in [0.05, 0.1) is 17.8 Å². The summed E-state index contributed by atoms with van der Waals surface area (Å²) < 4.78 is 1.80. The van der Waals surface area contributed by atoms with Crippen LogP contribution in [-0.2, 0) is 6.54 Å². The van der Waals surface area contributed by atoms with Crippen molar-refractivity contribution in [2.45, 2.75) is 39.8 Å². The molecule has 2 rings (SSSR count). The number of nitrogens with zero attached hydrogens (tertiary/aromatic N) is 2. The topological polar surface area (TPSA) is 72.9 Å². The van der Waals surface area contributed by atoms with Crippen molar-refractivity contribution >= 4 is 17.5 Å². The first-order chi connectivity index (χ1) is 10.7. The quantitative estimate of drug-likeness (QED) is 0.883. The number of aryl methyl sites for hydroxylation is 1. The van der Waals surface area contributed by atoms with Crippen LogP contribution in [0.1, 0.15) is 41.2 Å². The van der Waals surface area contributed by atoms with Gasteiger partial charge >= 0.3 is 0 Å². The Morgan fingerprint density at radius 2 is 2.00 bits per heavy atom. The summed E-state index contributed by atoms with van der Waals surface area (Å²) in [5.74, 6) is -0.149. The maximum atomic E-state index is 12.4. The van der Waals surface area contributed by atoms with Gasteiger partial charge < -0.3 is 11.1 Å². The summed E-state index contributed by atoms with van der Waals surface area (Å²) in [5, 5.41) is 8.03. The molecule has 0 unspecified atom stereocenters. The zero-order valence-corrected chi connectivity index (χ0v) is 14.7. The van der Waals surface area contributed by atoms with E-state index in [-0.39, 0.29) is 5.91 Å². The second-order valence-electron chi connectivity index (χ2n) is 6.47. The van der Waals surface area contributed by atoms with Crippen molar-refractivity contribution in [2.75, 3.05) is 6.54 Å². The molecule has 124 valence electrons. The minimum Gasteiger partial charge on any atom is -0.350 e. The van der Waals surface area contributed by atoms with Gasteiger partial charge in [-0.05, 0) is 39.3 Å². The van der Waals surface area contributed by atoms with Crippen LogP contribution in [0.5, 0.6) is 0 Å². The Balaban J connectivity index is 2.22. The Morgan fingerprint density at radius 1 is 1.35 bits per heavy atom. The fourth-order valence-electron chi connectivity index (χ4n) is 2.36. The van der Waals surface area contributed by atoms with Crippen LogP contribution in [0.15, 0.2) is 24.3 Å². The van der Waals surface area contributed by atoms with E-state index in [0.29, 0.717) is 29.4 Å². The molecule has 1 aromatic heterocycles. The first-order valence-corrected chi connectivity index (χ1v) is 7.91. The van der Waals surface area contributed by atoms with Crippen molar-refractivity contribution in [3.8, 4) is 0 Å². The average molecular weight is 335 g/mol. The summed E-state index contributed by atoms with van der Waals surface area (Å²) in [4.78, 5) is 12.4. The van der Waals surface area contributed by atoms with Crippen molar-refractivity contribution in [1.82, 2.24) is 15.1 Å². The van der Waals surface area contributed by atoms with Crippen LogP contribution in [0, 0.1) is 13.8 Å². The maximum absolute atomic E-state index is 12.4. The predicted molar refractivity (Wildman–Crippen MR) is 92.9 cm³/mol. The van der Waals surface area contributed by atoms with Crippen LogP contribution in [0.4, 0.5) is 0 Å². The van der Waals surface area contributed by atoms with Crippen molar-refractivity contribution in [3.63, 3.8) is 0 Å². The molecule has 6 heteroatoms. The molecular formula is C17H23ClN4O. The van der Waals surface area contributed by atoms with E-state index in [1.807, 2.05) is 52.0 Å². The monoisotopic (exact) mass is 334 g/mol. The zero-order valence-electron chi connectivity index (χ0n) is 14.0. The van der Waals surface area contributed by atoms with E-state index in [0.717, 1.165) is 11.3 Å². The smallest absolute Gasteiger partial charge is 0.255 e. The van der Waals surface area contributed by atoms with Crippen LogP contribution in [0.3, 0.4) is 0 Å². The summed E-state index contributed by atoms with van der Waals surface area (Å²) in [5.41, 5.74) is 8.54.